The molecular weight excluding hydrogens is 234 g/mol. The Morgan fingerprint density at radius 1 is 1.50 bits per heavy atom. The number of hydrogen-bond donors (Lipinski definition) is 1. The van der Waals surface area contributed by atoms with E-state index in [2.05, 4.69) is 15.4 Å². The fraction of sp³-hybridized carbons (Fsp3) is 0.273. The summed E-state index contributed by atoms with van der Waals surface area (Å²) in [5, 5.41) is 18.0. The average molecular weight is 247 g/mol. The van der Waals surface area contributed by atoms with E-state index in [1.807, 2.05) is 18.2 Å². The molecule has 2 aromatic rings. The summed E-state index contributed by atoms with van der Waals surface area (Å²) in [6.07, 6.45) is 1.68. The second-order valence-electron chi connectivity index (χ2n) is 3.84. The van der Waals surface area contributed by atoms with E-state index in [0.29, 0.717) is 18.1 Å². The number of nitro groups is 1. The average Bonchev–Trinajstić information content (AvgIpc) is 2.62. The lowest BCUT2D eigenvalue weighted by molar-refractivity contribution is -0.384. The zero-order chi connectivity index (χ0) is 13.1. The maximum Gasteiger partial charge on any atom is 0.333 e. The van der Waals surface area contributed by atoms with Crippen molar-refractivity contribution in [3.63, 3.8) is 0 Å². The number of pyridine rings is 1. The summed E-state index contributed by atoms with van der Waals surface area (Å²) in [6, 6.07) is 5.54. The number of nitrogens with zero attached hydrogens (tertiary/aromatic N) is 4. The molecule has 0 spiro atoms. The predicted octanol–water partition coefficient (Wildman–Crippen LogP) is 1.64. The van der Waals surface area contributed by atoms with E-state index in [0.717, 1.165) is 5.69 Å². The van der Waals surface area contributed by atoms with Gasteiger partial charge in [0, 0.05) is 13.2 Å². The summed E-state index contributed by atoms with van der Waals surface area (Å²) in [4.78, 5) is 14.7. The Labute approximate surface area is 104 Å². The van der Waals surface area contributed by atoms with Crippen LogP contribution in [0.2, 0.25) is 0 Å². The second-order valence-corrected chi connectivity index (χ2v) is 3.84. The highest BCUT2D eigenvalue weighted by Gasteiger charge is 2.23. The van der Waals surface area contributed by atoms with Crippen molar-refractivity contribution >= 4 is 11.5 Å². The summed E-state index contributed by atoms with van der Waals surface area (Å²) < 4.78 is 1.47. The number of hydrogen-bond acceptors (Lipinski definition) is 5. The van der Waals surface area contributed by atoms with Crippen molar-refractivity contribution in [3.05, 3.63) is 45.9 Å². The highest BCUT2D eigenvalue weighted by Crippen LogP contribution is 2.27. The van der Waals surface area contributed by atoms with Crippen LogP contribution in [-0.4, -0.2) is 19.7 Å². The molecule has 7 nitrogen and oxygen atoms in total. The third-order valence-corrected chi connectivity index (χ3v) is 2.54. The largest absolute Gasteiger partial charge is 0.359 e. The van der Waals surface area contributed by atoms with Crippen molar-refractivity contribution in [2.75, 3.05) is 5.32 Å². The first-order valence-corrected chi connectivity index (χ1v) is 5.41. The van der Waals surface area contributed by atoms with Gasteiger partial charge < -0.3 is 5.32 Å². The Morgan fingerprint density at radius 3 is 2.89 bits per heavy atom. The lowest BCUT2D eigenvalue weighted by Gasteiger charge is -2.05. The molecule has 18 heavy (non-hydrogen) atoms. The lowest BCUT2D eigenvalue weighted by atomic mass is 10.3. The van der Waals surface area contributed by atoms with Crippen LogP contribution in [0, 0.1) is 17.0 Å². The van der Waals surface area contributed by atoms with Crippen LogP contribution < -0.4 is 5.32 Å². The van der Waals surface area contributed by atoms with Gasteiger partial charge in [0.25, 0.3) is 0 Å². The minimum Gasteiger partial charge on any atom is -0.359 e. The number of anilines is 1. The molecule has 2 aromatic heterocycles. The molecule has 0 aliphatic rings. The van der Waals surface area contributed by atoms with Gasteiger partial charge in [0.2, 0.25) is 5.82 Å². The standard InChI is InChI=1S/C11H13N5O2/c1-8-10(16(17)18)11(15(2)14-8)13-7-9-5-3-4-6-12-9/h3-6,13H,7H2,1-2H3. The Morgan fingerprint density at radius 2 is 2.28 bits per heavy atom. The van der Waals surface area contributed by atoms with Crippen LogP contribution in [0.3, 0.4) is 0 Å². The number of aromatic nitrogens is 3. The van der Waals surface area contributed by atoms with E-state index in [9.17, 15) is 10.1 Å². The Balaban J connectivity index is 2.22. The van der Waals surface area contributed by atoms with Crippen LogP contribution in [-0.2, 0) is 13.6 Å². The number of nitrogens with one attached hydrogen (secondary N) is 1. The number of aryl methyl sites for hydroxylation is 2. The monoisotopic (exact) mass is 247 g/mol. The Hall–Kier alpha value is -2.44. The quantitative estimate of drug-likeness (QED) is 0.655. The smallest absolute Gasteiger partial charge is 0.333 e. The van der Waals surface area contributed by atoms with Gasteiger partial charge >= 0.3 is 5.69 Å². The summed E-state index contributed by atoms with van der Waals surface area (Å²) >= 11 is 0. The maximum absolute atomic E-state index is 11.0. The molecule has 0 aliphatic carbocycles. The minimum atomic E-state index is -0.427. The molecule has 0 bridgehead atoms. The first-order valence-electron chi connectivity index (χ1n) is 5.41. The molecule has 0 amide bonds. The molecule has 1 N–H and O–H groups in total. The first-order chi connectivity index (χ1) is 8.59. The minimum absolute atomic E-state index is 0.00781. The number of rotatable bonds is 4. The van der Waals surface area contributed by atoms with E-state index in [1.54, 1.807) is 20.2 Å². The normalized spacial score (nSPS) is 10.3. The van der Waals surface area contributed by atoms with Gasteiger partial charge in [-0.25, -0.2) is 4.68 Å². The van der Waals surface area contributed by atoms with Crippen LogP contribution in [0.25, 0.3) is 0 Å². The molecule has 0 saturated heterocycles. The van der Waals surface area contributed by atoms with Gasteiger partial charge in [-0.1, -0.05) is 6.07 Å². The van der Waals surface area contributed by atoms with Gasteiger partial charge in [0.15, 0.2) is 0 Å². The topological polar surface area (TPSA) is 85.9 Å². The first kappa shape index (κ1) is 12.0. The van der Waals surface area contributed by atoms with Crippen molar-refractivity contribution in [2.24, 2.45) is 7.05 Å². The second kappa shape index (κ2) is 4.82. The van der Waals surface area contributed by atoms with Crippen LogP contribution >= 0.6 is 0 Å². The molecule has 0 saturated carbocycles. The van der Waals surface area contributed by atoms with Crippen molar-refractivity contribution in [3.8, 4) is 0 Å². The highest BCUT2D eigenvalue weighted by molar-refractivity contribution is 5.59. The fourth-order valence-electron chi connectivity index (χ4n) is 1.74. The van der Waals surface area contributed by atoms with E-state index >= 15 is 0 Å². The Kier molecular flexibility index (Phi) is 3.22. The third-order valence-electron chi connectivity index (χ3n) is 2.54. The van der Waals surface area contributed by atoms with Gasteiger partial charge in [-0.2, -0.15) is 5.10 Å². The van der Waals surface area contributed by atoms with E-state index < -0.39 is 4.92 Å². The molecule has 94 valence electrons. The molecule has 2 rings (SSSR count). The van der Waals surface area contributed by atoms with E-state index in [4.69, 9.17) is 0 Å². The molecule has 0 unspecified atom stereocenters. The predicted molar refractivity (Wildman–Crippen MR) is 66.2 cm³/mol. The summed E-state index contributed by atoms with van der Waals surface area (Å²) in [5.41, 5.74) is 1.21. The van der Waals surface area contributed by atoms with Crippen LogP contribution in [0.5, 0.6) is 0 Å². The maximum atomic E-state index is 11.0. The Bertz CT molecular complexity index is 564. The van der Waals surface area contributed by atoms with Crippen LogP contribution in [0.4, 0.5) is 11.5 Å². The summed E-state index contributed by atoms with van der Waals surface area (Å²) in [7, 11) is 1.67. The fourth-order valence-corrected chi connectivity index (χ4v) is 1.74. The van der Waals surface area contributed by atoms with E-state index in [-0.39, 0.29) is 5.69 Å². The van der Waals surface area contributed by atoms with Crippen LogP contribution in [0.15, 0.2) is 24.4 Å². The SMILES string of the molecule is Cc1nn(C)c(NCc2ccccn2)c1[N+](=O)[O-]. The molecule has 0 aromatic carbocycles. The van der Waals surface area contributed by atoms with Gasteiger partial charge in [0.1, 0.15) is 5.69 Å². The highest BCUT2D eigenvalue weighted by atomic mass is 16.6. The van der Waals surface area contributed by atoms with Crippen molar-refractivity contribution < 1.29 is 4.92 Å². The third kappa shape index (κ3) is 2.29. The molecule has 0 aliphatic heterocycles. The molecule has 0 atom stereocenters. The summed E-state index contributed by atoms with van der Waals surface area (Å²) in [6.45, 7) is 2.03. The molecule has 7 heteroatoms. The van der Waals surface area contributed by atoms with Gasteiger partial charge in [0.05, 0.1) is 17.2 Å². The summed E-state index contributed by atoms with van der Waals surface area (Å²) in [5.74, 6) is 0.392. The van der Waals surface area contributed by atoms with E-state index in [1.165, 1.54) is 4.68 Å². The van der Waals surface area contributed by atoms with Crippen LogP contribution in [0.1, 0.15) is 11.4 Å². The van der Waals surface area contributed by atoms with Crippen molar-refractivity contribution in [2.45, 2.75) is 13.5 Å². The van der Waals surface area contributed by atoms with Crippen molar-refractivity contribution in [1.82, 2.24) is 14.8 Å². The van der Waals surface area contributed by atoms with Gasteiger partial charge in [-0.05, 0) is 19.1 Å². The molecular formula is C11H13N5O2. The zero-order valence-electron chi connectivity index (χ0n) is 10.1. The zero-order valence-corrected chi connectivity index (χ0v) is 10.1. The lowest BCUT2D eigenvalue weighted by Crippen LogP contribution is -2.07. The van der Waals surface area contributed by atoms with Gasteiger partial charge in [-0.3, -0.25) is 15.1 Å². The van der Waals surface area contributed by atoms with Gasteiger partial charge in [-0.15, -0.1) is 0 Å². The molecule has 0 fully saturated rings. The van der Waals surface area contributed by atoms with Crippen molar-refractivity contribution in [1.29, 1.82) is 0 Å². The molecule has 2 heterocycles. The molecule has 0 radical (unpaired) electrons.